The molecule has 1 atom stereocenters. The number of rotatable bonds is 5. The minimum atomic E-state index is -0.572. The van der Waals surface area contributed by atoms with Crippen molar-refractivity contribution in [2.45, 2.75) is 24.8 Å². The van der Waals surface area contributed by atoms with Gasteiger partial charge in [-0.05, 0) is 56.0 Å². The number of aryl methyl sites for hydroxylation is 1. The van der Waals surface area contributed by atoms with Crippen molar-refractivity contribution in [3.63, 3.8) is 0 Å². The first-order chi connectivity index (χ1) is 10.1. The van der Waals surface area contributed by atoms with Crippen LogP contribution in [0.3, 0.4) is 0 Å². The SMILES string of the molecule is CSc1ccc(O[C@H](C)C(=O)Nc2ccncc2C)cc1. The number of thioether (sulfide) groups is 1. The number of amides is 1. The first-order valence-electron chi connectivity index (χ1n) is 6.62. The van der Waals surface area contributed by atoms with E-state index in [1.54, 1.807) is 37.1 Å². The fourth-order valence-electron chi connectivity index (χ4n) is 1.76. The highest BCUT2D eigenvalue weighted by Gasteiger charge is 2.15. The van der Waals surface area contributed by atoms with Gasteiger partial charge in [-0.1, -0.05) is 0 Å². The molecule has 110 valence electrons. The van der Waals surface area contributed by atoms with E-state index in [9.17, 15) is 4.79 Å². The molecule has 21 heavy (non-hydrogen) atoms. The average molecular weight is 302 g/mol. The molecule has 2 rings (SSSR count). The lowest BCUT2D eigenvalue weighted by Crippen LogP contribution is -2.30. The molecular formula is C16H18N2O2S. The molecule has 0 aliphatic carbocycles. The summed E-state index contributed by atoms with van der Waals surface area (Å²) >= 11 is 1.67. The van der Waals surface area contributed by atoms with E-state index in [0.29, 0.717) is 5.75 Å². The van der Waals surface area contributed by atoms with E-state index in [1.165, 1.54) is 0 Å². The van der Waals surface area contributed by atoms with Crippen LogP contribution in [0.2, 0.25) is 0 Å². The van der Waals surface area contributed by atoms with Crippen LogP contribution in [-0.2, 0) is 4.79 Å². The molecule has 1 aromatic heterocycles. The van der Waals surface area contributed by atoms with Crippen LogP contribution in [0.4, 0.5) is 5.69 Å². The Hall–Kier alpha value is -2.01. The van der Waals surface area contributed by atoms with Gasteiger partial charge in [0, 0.05) is 23.0 Å². The number of nitrogens with one attached hydrogen (secondary N) is 1. The fourth-order valence-corrected chi connectivity index (χ4v) is 2.17. The van der Waals surface area contributed by atoms with E-state index >= 15 is 0 Å². The molecule has 1 amide bonds. The maximum atomic E-state index is 12.1. The van der Waals surface area contributed by atoms with E-state index in [1.807, 2.05) is 37.4 Å². The first-order valence-corrected chi connectivity index (χ1v) is 7.85. The lowest BCUT2D eigenvalue weighted by molar-refractivity contribution is -0.122. The zero-order chi connectivity index (χ0) is 15.2. The number of nitrogens with zero attached hydrogens (tertiary/aromatic N) is 1. The Kier molecular flexibility index (Phi) is 5.22. The smallest absolute Gasteiger partial charge is 0.265 e. The van der Waals surface area contributed by atoms with E-state index < -0.39 is 6.10 Å². The third kappa shape index (κ3) is 4.23. The largest absolute Gasteiger partial charge is 0.481 e. The van der Waals surface area contributed by atoms with Gasteiger partial charge in [0.25, 0.3) is 5.91 Å². The molecular weight excluding hydrogens is 284 g/mol. The van der Waals surface area contributed by atoms with Crippen molar-refractivity contribution in [2.75, 3.05) is 11.6 Å². The van der Waals surface area contributed by atoms with Crippen LogP contribution in [-0.4, -0.2) is 23.3 Å². The summed E-state index contributed by atoms with van der Waals surface area (Å²) in [5.41, 5.74) is 1.67. The molecule has 0 fully saturated rings. The normalized spacial score (nSPS) is 11.8. The number of anilines is 1. The summed E-state index contributed by atoms with van der Waals surface area (Å²) in [6.07, 6.45) is 4.80. The van der Waals surface area contributed by atoms with Crippen LogP contribution >= 0.6 is 11.8 Å². The highest BCUT2D eigenvalue weighted by atomic mass is 32.2. The van der Waals surface area contributed by atoms with Crippen molar-refractivity contribution in [1.29, 1.82) is 0 Å². The van der Waals surface area contributed by atoms with Gasteiger partial charge >= 0.3 is 0 Å². The molecule has 5 heteroatoms. The second kappa shape index (κ2) is 7.13. The highest BCUT2D eigenvalue weighted by molar-refractivity contribution is 7.98. The van der Waals surface area contributed by atoms with Crippen LogP contribution in [0.25, 0.3) is 0 Å². The Bertz CT molecular complexity index is 614. The van der Waals surface area contributed by atoms with E-state index in [0.717, 1.165) is 16.1 Å². The summed E-state index contributed by atoms with van der Waals surface area (Å²) in [6, 6.07) is 9.45. The Labute approximate surface area is 128 Å². The summed E-state index contributed by atoms with van der Waals surface area (Å²) in [4.78, 5) is 17.3. The highest BCUT2D eigenvalue weighted by Crippen LogP contribution is 2.20. The van der Waals surface area contributed by atoms with Gasteiger partial charge in [0.2, 0.25) is 0 Å². The molecule has 0 saturated heterocycles. The van der Waals surface area contributed by atoms with E-state index in [4.69, 9.17) is 4.74 Å². The predicted octanol–water partition coefficient (Wildman–Crippen LogP) is 3.52. The van der Waals surface area contributed by atoms with Crippen LogP contribution in [0.15, 0.2) is 47.6 Å². The van der Waals surface area contributed by atoms with Crippen molar-refractivity contribution in [3.8, 4) is 5.75 Å². The lowest BCUT2D eigenvalue weighted by Gasteiger charge is -2.15. The summed E-state index contributed by atoms with van der Waals surface area (Å²) in [5.74, 6) is 0.500. The monoisotopic (exact) mass is 302 g/mol. The van der Waals surface area contributed by atoms with Crippen LogP contribution in [0.1, 0.15) is 12.5 Å². The Morgan fingerprint density at radius 1 is 1.29 bits per heavy atom. The summed E-state index contributed by atoms with van der Waals surface area (Å²) < 4.78 is 5.65. The fraction of sp³-hybridized carbons (Fsp3) is 0.250. The number of benzene rings is 1. The van der Waals surface area contributed by atoms with Gasteiger partial charge in [-0.2, -0.15) is 0 Å². The number of ether oxygens (including phenoxy) is 1. The first kappa shape index (κ1) is 15.4. The molecule has 0 aliphatic rings. The summed E-state index contributed by atoms with van der Waals surface area (Å²) in [5, 5.41) is 2.84. The van der Waals surface area contributed by atoms with Gasteiger partial charge in [0.05, 0.1) is 0 Å². The minimum absolute atomic E-state index is 0.182. The minimum Gasteiger partial charge on any atom is -0.481 e. The molecule has 0 radical (unpaired) electrons. The van der Waals surface area contributed by atoms with E-state index in [2.05, 4.69) is 10.3 Å². The quantitative estimate of drug-likeness (QED) is 0.859. The van der Waals surface area contributed by atoms with Gasteiger partial charge in [0.1, 0.15) is 5.75 Å². The Balaban J connectivity index is 1.97. The standard InChI is InChI=1S/C16H18N2O2S/c1-11-10-17-9-8-15(11)18-16(19)12(2)20-13-4-6-14(21-3)7-5-13/h4-10,12H,1-3H3,(H,17,18,19)/t12-/m1/s1. The number of hydrogen-bond donors (Lipinski definition) is 1. The molecule has 0 saturated carbocycles. The van der Waals surface area contributed by atoms with Crippen LogP contribution in [0.5, 0.6) is 5.75 Å². The van der Waals surface area contributed by atoms with Gasteiger partial charge in [-0.3, -0.25) is 9.78 Å². The third-order valence-corrected chi connectivity index (χ3v) is 3.76. The Morgan fingerprint density at radius 3 is 2.62 bits per heavy atom. The second-order valence-corrected chi connectivity index (χ2v) is 5.50. The number of aromatic nitrogens is 1. The van der Waals surface area contributed by atoms with E-state index in [-0.39, 0.29) is 5.91 Å². The molecule has 0 spiro atoms. The number of carbonyl (C=O) groups excluding carboxylic acids is 1. The third-order valence-electron chi connectivity index (χ3n) is 3.02. The number of hydrogen-bond acceptors (Lipinski definition) is 4. The molecule has 4 nitrogen and oxygen atoms in total. The average Bonchev–Trinajstić information content (AvgIpc) is 2.50. The molecule has 1 aromatic carbocycles. The Morgan fingerprint density at radius 2 is 2.00 bits per heavy atom. The number of pyridine rings is 1. The van der Waals surface area contributed by atoms with Gasteiger partial charge in [0.15, 0.2) is 6.10 Å². The topological polar surface area (TPSA) is 51.2 Å². The molecule has 0 bridgehead atoms. The summed E-state index contributed by atoms with van der Waals surface area (Å²) in [7, 11) is 0. The van der Waals surface area contributed by atoms with Crippen molar-refractivity contribution in [2.24, 2.45) is 0 Å². The predicted molar refractivity (Wildman–Crippen MR) is 85.9 cm³/mol. The lowest BCUT2D eigenvalue weighted by atomic mass is 10.2. The van der Waals surface area contributed by atoms with Crippen molar-refractivity contribution in [1.82, 2.24) is 4.98 Å². The summed E-state index contributed by atoms with van der Waals surface area (Å²) in [6.45, 7) is 3.63. The molecule has 1 heterocycles. The van der Waals surface area contributed by atoms with Crippen molar-refractivity contribution >= 4 is 23.4 Å². The maximum absolute atomic E-state index is 12.1. The van der Waals surface area contributed by atoms with Crippen LogP contribution < -0.4 is 10.1 Å². The molecule has 1 N–H and O–H groups in total. The molecule has 0 aliphatic heterocycles. The van der Waals surface area contributed by atoms with Gasteiger partial charge in [-0.25, -0.2) is 0 Å². The molecule has 0 unspecified atom stereocenters. The maximum Gasteiger partial charge on any atom is 0.265 e. The molecule has 2 aromatic rings. The van der Waals surface area contributed by atoms with Crippen molar-refractivity contribution < 1.29 is 9.53 Å². The second-order valence-electron chi connectivity index (χ2n) is 4.62. The van der Waals surface area contributed by atoms with Gasteiger partial charge < -0.3 is 10.1 Å². The number of carbonyl (C=O) groups is 1. The zero-order valence-corrected chi connectivity index (χ0v) is 13.1. The van der Waals surface area contributed by atoms with Crippen molar-refractivity contribution in [3.05, 3.63) is 48.3 Å². The zero-order valence-electron chi connectivity index (χ0n) is 12.3. The van der Waals surface area contributed by atoms with Gasteiger partial charge in [-0.15, -0.1) is 11.8 Å². The van der Waals surface area contributed by atoms with Crippen LogP contribution in [0, 0.1) is 6.92 Å².